The maximum Gasteiger partial charge on any atom is 0.410 e. The van der Waals surface area contributed by atoms with Gasteiger partial charge in [0.1, 0.15) is 5.60 Å². The number of anilines is 1. The zero-order valence-electron chi connectivity index (χ0n) is 15.3. The normalized spacial score (nSPS) is 22.4. The summed E-state index contributed by atoms with van der Waals surface area (Å²) in [5.41, 5.74) is 0.690. The summed E-state index contributed by atoms with van der Waals surface area (Å²) in [7, 11) is 0. The monoisotopic (exact) mass is 332 g/mol. The second-order valence-electron chi connectivity index (χ2n) is 7.09. The Hall–Kier alpha value is -2.04. The predicted molar refractivity (Wildman–Crippen MR) is 95.1 cm³/mol. The van der Waals surface area contributed by atoms with E-state index < -0.39 is 11.0 Å². The number of nitrogens with zero attached hydrogens (tertiary/aromatic N) is 1. The fourth-order valence-corrected chi connectivity index (χ4v) is 3.32. The number of para-hydroxylation sites is 1. The van der Waals surface area contributed by atoms with Crippen LogP contribution in [0.1, 0.15) is 53.0 Å². The molecule has 0 saturated carbocycles. The summed E-state index contributed by atoms with van der Waals surface area (Å²) in [6, 6.07) is 7.74. The van der Waals surface area contributed by atoms with Crippen molar-refractivity contribution in [1.29, 1.82) is 0 Å². The van der Waals surface area contributed by atoms with E-state index in [0.717, 1.165) is 24.1 Å². The molecule has 1 atom stereocenters. The van der Waals surface area contributed by atoms with Gasteiger partial charge in [-0.15, -0.1) is 0 Å². The minimum Gasteiger partial charge on any atom is -0.444 e. The molecule has 0 aliphatic carbocycles. The topological polar surface area (TPSA) is 58.6 Å². The number of hydrogen-bond donors (Lipinski definition) is 1. The molecule has 5 nitrogen and oxygen atoms in total. The quantitative estimate of drug-likeness (QED) is 0.783. The van der Waals surface area contributed by atoms with Gasteiger partial charge in [-0.3, -0.25) is 4.79 Å². The summed E-state index contributed by atoms with van der Waals surface area (Å²) in [5, 5.41) is 2.95. The number of fused-ring (bicyclic) bond motifs is 2. The van der Waals surface area contributed by atoms with Crippen LogP contribution in [0, 0.1) is 0 Å². The van der Waals surface area contributed by atoms with Crippen molar-refractivity contribution < 1.29 is 14.3 Å². The first-order chi connectivity index (χ1) is 11.3. The molecule has 0 bridgehead atoms. The molecular weight excluding hydrogens is 304 g/mol. The zero-order chi connectivity index (χ0) is 18.0. The van der Waals surface area contributed by atoms with E-state index in [0.29, 0.717) is 13.1 Å². The van der Waals surface area contributed by atoms with Crippen LogP contribution in [-0.4, -0.2) is 35.6 Å². The lowest BCUT2D eigenvalue weighted by molar-refractivity contribution is -0.122. The molecule has 1 aromatic carbocycles. The van der Waals surface area contributed by atoms with E-state index in [-0.39, 0.29) is 12.0 Å². The van der Waals surface area contributed by atoms with E-state index in [1.807, 2.05) is 58.9 Å². The SMILES string of the molecule is CC.CC(C)(C)OC(=O)N1CCCC2(C1)C(=O)Nc1ccccc12. The highest BCUT2D eigenvalue weighted by molar-refractivity contribution is 6.06. The highest BCUT2D eigenvalue weighted by atomic mass is 16.6. The van der Waals surface area contributed by atoms with Crippen LogP contribution in [0.25, 0.3) is 0 Å². The fourth-order valence-electron chi connectivity index (χ4n) is 3.32. The van der Waals surface area contributed by atoms with Crippen molar-refractivity contribution in [2.45, 2.75) is 58.5 Å². The lowest BCUT2D eigenvalue weighted by Crippen LogP contribution is -2.52. The summed E-state index contributed by atoms with van der Waals surface area (Å²) in [6.45, 7) is 10.6. The number of likely N-dealkylation sites (tertiary alicyclic amines) is 1. The third-order valence-corrected chi connectivity index (χ3v) is 4.27. The maximum absolute atomic E-state index is 12.6. The van der Waals surface area contributed by atoms with E-state index in [9.17, 15) is 9.59 Å². The minimum absolute atomic E-state index is 0.0121. The van der Waals surface area contributed by atoms with Gasteiger partial charge in [0.2, 0.25) is 5.91 Å². The van der Waals surface area contributed by atoms with Gasteiger partial charge in [0, 0.05) is 18.8 Å². The van der Waals surface area contributed by atoms with Crippen LogP contribution in [0.3, 0.4) is 0 Å². The standard InChI is InChI=1S/C17H22N2O3.C2H6/c1-16(2,3)22-15(21)19-10-6-9-17(11-19)12-7-4-5-8-13(12)18-14(17)20;1-2/h4-5,7-8H,6,9-11H2,1-3H3,(H,18,20);1-2H3. The lowest BCUT2D eigenvalue weighted by atomic mass is 9.75. The number of carbonyl (C=O) groups is 2. The third-order valence-electron chi connectivity index (χ3n) is 4.27. The lowest BCUT2D eigenvalue weighted by Gasteiger charge is -2.39. The Morgan fingerprint density at radius 1 is 1.25 bits per heavy atom. The number of ether oxygens (including phenoxy) is 1. The van der Waals surface area contributed by atoms with Crippen LogP contribution in [0.15, 0.2) is 24.3 Å². The minimum atomic E-state index is -0.633. The van der Waals surface area contributed by atoms with Crippen LogP contribution in [0.2, 0.25) is 0 Å². The molecule has 2 heterocycles. The van der Waals surface area contributed by atoms with Gasteiger partial charge in [-0.2, -0.15) is 0 Å². The summed E-state index contributed by atoms with van der Waals surface area (Å²) in [5.74, 6) is -0.0121. The van der Waals surface area contributed by atoms with Crippen molar-refractivity contribution in [3.05, 3.63) is 29.8 Å². The molecule has 0 radical (unpaired) electrons. The van der Waals surface area contributed by atoms with Crippen molar-refractivity contribution in [2.75, 3.05) is 18.4 Å². The molecule has 1 unspecified atom stereocenters. The van der Waals surface area contributed by atoms with Gasteiger partial charge in [0.25, 0.3) is 0 Å². The molecular formula is C19H28N2O3. The van der Waals surface area contributed by atoms with Crippen molar-refractivity contribution in [3.8, 4) is 0 Å². The van der Waals surface area contributed by atoms with Crippen LogP contribution in [0.5, 0.6) is 0 Å². The molecule has 1 saturated heterocycles. The van der Waals surface area contributed by atoms with E-state index >= 15 is 0 Å². The van der Waals surface area contributed by atoms with Crippen molar-refractivity contribution in [3.63, 3.8) is 0 Å². The first-order valence-electron chi connectivity index (χ1n) is 8.71. The van der Waals surface area contributed by atoms with Crippen molar-refractivity contribution >= 4 is 17.7 Å². The van der Waals surface area contributed by atoms with Gasteiger partial charge in [0.05, 0.1) is 5.41 Å². The highest BCUT2D eigenvalue weighted by Gasteiger charge is 2.50. The molecule has 1 aromatic rings. The number of nitrogens with one attached hydrogen (secondary N) is 1. The van der Waals surface area contributed by atoms with Gasteiger partial charge in [-0.25, -0.2) is 4.79 Å². The molecule has 5 heteroatoms. The van der Waals surface area contributed by atoms with E-state index in [1.165, 1.54) is 0 Å². The molecule has 0 aromatic heterocycles. The van der Waals surface area contributed by atoms with Crippen LogP contribution in [0.4, 0.5) is 10.5 Å². The Labute approximate surface area is 144 Å². The summed E-state index contributed by atoms with van der Waals surface area (Å²) >= 11 is 0. The number of benzene rings is 1. The first-order valence-corrected chi connectivity index (χ1v) is 8.71. The molecule has 2 aliphatic rings. The average molecular weight is 332 g/mol. The van der Waals surface area contributed by atoms with E-state index in [2.05, 4.69) is 5.32 Å². The van der Waals surface area contributed by atoms with Gasteiger partial charge >= 0.3 is 6.09 Å². The van der Waals surface area contributed by atoms with Gasteiger partial charge < -0.3 is 15.0 Å². The van der Waals surface area contributed by atoms with Gasteiger partial charge in [-0.05, 0) is 45.2 Å². The Bertz CT molecular complexity index is 621. The average Bonchev–Trinajstić information content (AvgIpc) is 2.80. The Morgan fingerprint density at radius 2 is 1.92 bits per heavy atom. The van der Waals surface area contributed by atoms with Gasteiger partial charge in [-0.1, -0.05) is 32.0 Å². The summed E-state index contributed by atoms with van der Waals surface area (Å²) in [4.78, 5) is 26.6. The summed E-state index contributed by atoms with van der Waals surface area (Å²) < 4.78 is 5.46. The number of carbonyl (C=O) groups excluding carboxylic acids is 2. The largest absolute Gasteiger partial charge is 0.444 e. The second-order valence-corrected chi connectivity index (χ2v) is 7.09. The van der Waals surface area contributed by atoms with E-state index in [4.69, 9.17) is 4.74 Å². The predicted octanol–water partition coefficient (Wildman–Crippen LogP) is 3.93. The van der Waals surface area contributed by atoms with Gasteiger partial charge in [0.15, 0.2) is 0 Å². The first kappa shape index (κ1) is 18.3. The highest BCUT2D eigenvalue weighted by Crippen LogP contribution is 2.43. The Morgan fingerprint density at radius 3 is 2.58 bits per heavy atom. The van der Waals surface area contributed by atoms with Crippen LogP contribution in [-0.2, 0) is 14.9 Å². The van der Waals surface area contributed by atoms with E-state index in [1.54, 1.807) is 4.90 Å². The molecule has 3 rings (SSSR count). The second kappa shape index (κ2) is 6.83. The molecule has 132 valence electrons. The fraction of sp³-hybridized carbons (Fsp3) is 0.579. The zero-order valence-corrected chi connectivity index (χ0v) is 15.3. The number of rotatable bonds is 0. The van der Waals surface area contributed by atoms with Crippen LogP contribution >= 0.6 is 0 Å². The molecule has 24 heavy (non-hydrogen) atoms. The smallest absolute Gasteiger partial charge is 0.410 e. The maximum atomic E-state index is 12.6. The Balaban J connectivity index is 0.00000100. The molecule has 1 spiro atoms. The number of piperidine rings is 1. The molecule has 1 fully saturated rings. The molecule has 1 N–H and O–H groups in total. The third kappa shape index (κ3) is 3.40. The number of amides is 2. The summed E-state index contributed by atoms with van der Waals surface area (Å²) in [6.07, 6.45) is 1.21. The number of hydrogen-bond acceptors (Lipinski definition) is 3. The van der Waals surface area contributed by atoms with Crippen molar-refractivity contribution in [2.24, 2.45) is 0 Å². The molecule has 2 amide bonds. The van der Waals surface area contributed by atoms with Crippen LogP contribution < -0.4 is 5.32 Å². The Kier molecular flexibility index (Phi) is 5.21. The molecule has 2 aliphatic heterocycles. The van der Waals surface area contributed by atoms with Crippen molar-refractivity contribution in [1.82, 2.24) is 4.90 Å².